The SMILES string of the molecule is [2H]C([2H])([2H])c1ccc2c(c1)oc1c(-c3cc(C([2H])([2H])C(C)(C)C)c(C([2H])([2H])[2H])cn3)[c-]ccc12.[2H]C([2H])(c1cc(-c2[c-]cccc2)nc[c]1[Ge]([CH3])([CH3])[CH3])C(C)(C)C.[Ir]. The summed E-state index contributed by atoms with van der Waals surface area (Å²) < 4.78 is 88.8. The molecule has 0 saturated carbocycles. The number of pyridine rings is 2. The molecular weight excluding hydrogens is 825 g/mol. The third-order valence-corrected chi connectivity index (χ3v) is 11.5. The fourth-order valence-electron chi connectivity index (χ4n) is 5.29. The molecule has 0 saturated heterocycles. The van der Waals surface area contributed by atoms with Crippen LogP contribution in [0.5, 0.6) is 0 Å². The van der Waals surface area contributed by atoms with Crippen LogP contribution in [0.4, 0.5) is 0 Å². The van der Waals surface area contributed by atoms with Crippen LogP contribution in [-0.4, -0.2) is 23.2 Å². The van der Waals surface area contributed by atoms with Gasteiger partial charge in [0.15, 0.2) is 0 Å². The third-order valence-electron chi connectivity index (χ3n) is 7.31. The molecule has 3 aromatic heterocycles. The molecule has 0 fully saturated rings. The zero-order valence-electron chi connectivity index (χ0n) is 39.1. The topological polar surface area (TPSA) is 38.9 Å². The summed E-state index contributed by atoms with van der Waals surface area (Å²) in [6.45, 7) is 6.20. The van der Waals surface area contributed by atoms with E-state index in [2.05, 4.69) is 39.4 Å². The van der Waals surface area contributed by atoms with Gasteiger partial charge < -0.3 is 9.40 Å². The molecule has 3 aromatic carbocycles. The molecule has 6 aromatic rings. The minimum absolute atomic E-state index is 0. The molecule has 3 nitrogen and oxygen atoms in total. The van der Waals surface area contributed by atoms with Gasteiger partial charge in [-0.25, -0.2) is 0 Å². The largest absolute Gasteiger partial charge is 0 e. The van der Waals surface area contributed by atoms with Crippen LogP contribution in [0.25, 0.3) is 44.5 Å². The molecule has 3 heterocycles. The molecule has 0 aliphatic heterocycles. The van der Waals surface area contributed by atoms with Crippen molar-refractivity contribution in [3.8, 4) is 22.5 Å². The maximum absolute atomic E-state index is 8.76. The van der Waals surface area contributed by atoms with Crippen molar-refractivity contribution in [3.63, 3.8) is 0 Å². The van der Waals surface area contributed by atoms with Crippen molar-refractivity contribution >= 4 is 39.6 Å². The maximum Gasteiger partial charge on any atom is 0 e. The van der Waals surface area contributed by atoms with Crippen LogP contribution in [0.15, 0.2) is 83.5 Å². The molecule has 0 aliphatic rings. The summed E-state index contributed by atoms with van der Waals surface area (Å²) in [5.74, 6) is 6.86. The van der Waals surface area contributed by atoms with Crippen LogP contribution in [0.1, 0.15) is 77.5 Å². The molecule has 253 valence electrons. The van der Waals surface area contributed by atoms with Crippen molar-refractivity contribution in [1.82, 2.24) is 9.97 Å². The zero-order chi connectivity index (χ0) is 42.7. The van der Waals surface area contributed by atoms with Gasteiger partial charge in [0.25, 0.3) is 0 Å². The van der Waals surface area contributed by atoms with Crippen LogP contribution in [0.2, 0.25) is 17.3 Å². The molecule has 0 unspecified atom stereocenters. The van der Waals surface area contributed by atoms with Crippen molar-refractivity contribution < 1.29 is 38.2 Å². The van der Waals surface area contributed by atoms with Crippen LogP contribution in [0, 0.1) is 36.7 Å². The summed E-state index contributed by atoms with van der Waals surface area (Å²) in [4.78, 5) is 8.96. The van der Waals surface area contributed by atoms with E-state index in [1.807, 2.05) is 57.3 Å². The fraction of sp³-hybridized carbons (Fsp3) is 0.349. The second-order valence-electron chi connectivity index (χ2n) is 14.9. The predicted octanol–water partition coefficient (Wildman–Crippen LogP) is 11.3. The minimum atomic E-state index is -2.54. The van der Waals surface area contributed by atoms with E-state index < -0.39 is 50.5 Å². The standard InChI is InChI=1S/C24H24NO.C19H26GeN.Ir/c1-15-9-10-18-19-7-6-8-20(23(19)26-22(18)11-15)21-12-17(13-24(3,4)5)16(2)14-25-21;1-19(2,3)13-16-12-18(15-10-8-7-9-11-15)21-14-17(16)20(4,5)6;/h6-7,9-12,14H,13H2,1-5H3;7-10,12,14H,13H2,1-6H3;/q2*-1;/i1D3,2D3,13D2;13D2;. The van der Waals surface area contributed by atoms with Crippen molar-refractivity contribution in [2.24, 2.45) is 10.8 Å². The Labute approximate surface area is 318 Å². The fourth-order valence-corrected chi connectivity index (χ4v) is 8.22. The number of aromatic nitrogens is 2. The Morgan fingerprint density at radius 2 is 1.48 bits per heavy atom. The van der Waals surface area contributed by atoms with Crippen molar-refractivity contribution in [1.29, 1.82) is 0 Å². The predicted molar refractivity (Wildman–Crippen MR) is 203 cm³/mol. The number of furan rings is 1. The number of rotatable bonds is 5. The second-order valence-corrected chi connectivity index (χ2v) is 25.5. The van der Waals surface area contributed by atoms with Gasteiger partial charge in [0, 0.05) is 42.7 Å². The molecule has 0 atom stereocenters. The smallest absolute Gasteiger partial charge is 0 e. The quantitative estimate of drug-likeness (QED) is 0.128. The minimum Gasteiger partial charge on any atom is 0 e. The van der Waals surface area contributed by atoms with Gasteiger partial charge >= 0.3 is 135 Å². The molecule has 0 aliphatic carbocycles. The van der Waals surface area contributed by atoms with E-state index in [1.54, 1.807) is 45.0 Å². The summed E-state index contributed by atoms with van der Waals surface area (Å²) in [6, 6.07) is 25.6. The molecule has 1 radical (unpaired) electrons. The van der Waals surface area contributed by atoms with Gasteiger partial charge in [0.1, 0.15) is 5.58 Å². The molecule has 0 amide bonds. The van der Waals surface area contributed by atoms with Crippen LogP contribution < -0.4 is 4.40 Å². The maximum atomic E-state index is 8.76. The van der Waals surface area contributed by atoms with Gasteiger partial charge in [-0.2, -0.15) is 0 Å². The molecular formula is C43H50GeIrN2O-2. The Morgan fingerprint density at radius 1 is 0.771 bits per heavy atom. The third kappa shape index (κ3) is 9.34. The Morgan fingerprint density at radius 3 is 2.12 bits per heavy atom. The summed E-state index contributed by atoms with van der Waals surface area (Å²) >= 11 is -2.24. The Hall–Kier alpha value is -3.05. The van der Waals surface area contributed by atoms with E-state index in [0.717, 1.165) is 32.0 Å². The first-order chi connectivity index (χ1) is 26.0. The summed E-state index contributed by atoms with van der Waals surface area (Å²) in [7, 11) is 0. The van der Waals surface area contributed by atoms with E-state index in [4.69, 9.17) is 18.1 Å². The number of fused-ring (bicyclic) bond motifs is 3. The van der Waals surface area contributed by atoms with Crippen molar-refractivity contribution in [3.05, 3.63) is 114 Å². The van der Waals surface area contributed by atoms with E-state index in [1.165, 1.54) is 18.3 Å². The summed E-state index contributed by atoms with van der Waals surface area (Å²) in [6.07, 6.45) is -0.267. The summed E-state index contributed by atoms with van der Waals surface area (Å²) in [5, 5.41) is 1.45. The molecule has 0 spiro atoms. The number of benzene rings is 3. The average Bonchev–Trinajstić information content (AvgIpc) is 3.48. The van der Waals surface area contributed by atoms with Crippen LogP contribution in [0.3, 0.4) is 0 Å². The first-order valence-corrected chi connectivity index (χ1v) is 23.2. The molecule has 6 rings (SSSR count). The number of hydrogen-bond acceptors (Lipinski definition) is 3. The number of aryl methyl sites for hydroxylation is 2. The molecule has 0 N–H and O–H groups in total. The average molecular weight is 886 g/mol. The first kappa shape index (κ1) is 25.9. The number of hydrogen-bond donors (Lipinski definition) is 0. The molecule has 48 heavy (non-hydrogen) atoms. The van der Waals surface area contributed by atoms with E-state index in [-0.39, 0.29) is 36.8 Å². The van der Waals surface area contributed by atoms with E-state index in [9.17, 15) is 0 Å². The van der Waals surface area contributed by atoms with Crippen molar-refractivity contribution in [2.75, 3.05) is 0 Å². The van der Waals surface area contributed by atoms with Gasteiger partial charge in [0.2, 0.25) is 0 Å². The van der Waals surface area contributed by atoms with Gasteiger partial charge in [-0.05, 0) is 48.4 Å². The van der Waals surface area contributed by atoms with Crippen molar-refractivity contribution in [2.45, 2.75) is 85.3 Å². The Bertz CT molecular complexity index is 2400. The zero-order valence-corrected chi connectivity index (χ0v) is 33.6. The Balaban J connectivity index is 0.000000272. The van der Waals surface area contributed by atoms with Gasteiger partial charge in [-0.1, -0.05) is 55.5 Å². The summed E-state index contributed by atoms with van der Waals surface area (Å²) in [5.41, 5.74) is 2.77. The first-order valence-electron chi connectivity index (χ1n) is 20.8. The van der Waals surface area contributed by atoms with Crippen LogP contribution in [-0.2, 0) is 32.9 Å². The van der Waals surface area contributed by atoms with Gasteiger partial charge in [-0.3, -0.25) is 0 Å². The van der Waals surface area contributed by atoms with Crippen LogP contribution >= 0.6 is 0 Å². The van der Waals surface area contributed by atoms with Gasteiger partial charge in [0.05, 0.1) is 5.58 Å². The molecule has 0 bridgehead atoms. The monoisotopic (exact) mass is 887 g/mol. The Kier molecular flexibility index (Phi) is 7.99. The normalized spacial score (nSPS) is 16.3. The van der Waals surface area contributed by atoms with E-state index >= 15 is 0 Å². The molecule has 5 heteroatoms. The second kappa shape index (κ2) is 14.8. The van der Waals surface area contributed by atoms with Gasteiger partial charge in [-0.15, -0.1) is 18.2 Å². The number of nitrogens with zero attached hydrogens (tertiary/aromatic N) is 2. The van der Waals surface area contributed by atoms with E-state index in [0.29, 0.717) is 22.4 Å².